The van der Waals surface area contributed by atoms with Crippen LogP contribution in [0.2, 0.25) is 0 Å². The highest BCUT2D eigenvalue weighted by Gasteiger charge is 2.22. The molecule has 0 aliphatic carbocycles. The summed E-state index contributed by atoms with van der Waals surface area (Å²) in [5, 5.41) is 15.6. The van der Waals surface area contributed by atoms with Crippen LogP contribution in [0.25, 0.3) is 0 Å². The third kappa shape index (κ3) is 7.70. The molecule has 2 aromatic rings. The highest BCUT2D eigenvalue weighted by atomic mass is 32.1. The molecule has 0 fully saturated rings. The summed E-state index contributed by atoms with van der Waals surface area (Å²) >= 11 is 1.31. The molecule has 0 saturated carbocycles. The molecule has 8 heteroatoms. The topological polar surface area (TPSA) is 76.1 Å². The van der Waals surface area contributed by atoms with Crippen molar-refractivity contribution in [2.75, 3.05) is 17.2 Å². The van der Waals surface area contributed by atoms with Gasteiger partial charge in [0.15, 0.2) is 6.10 Å². The first-order chi connectivity index (χ1) is 14.1. The molecule has 1 amide bonds. The second-order valence-corrected chi connectivity index (χ2v) is 7.89. The Morgan fingerprint density at radius 3 is 2.45 bits per heavy atom. The SMILES string of the molecule is CCCCCC(CCC)Nc1nnc(NC(=O)C(OCC)c2ccc(F)cc2)s1. The number of benzene rings is 1. The molecular weight excluding hydrogens is 391 g/mol. The van der Waals surface area contributed by atoms with Crippen molar-refractivity contribution in [3.63, 3.8) is 0 Å². The van der Waals surface area contributed by atoms with Crippen molar-refractivity contribution in [3.05, 3.63) is 35.6 Å². The van der Waals surface area contributed by atoms with Gasteiger partial charge in [-0.2, -0.15) is 0 Å². The highest BCUT2D eigenvalue weighted by molar-refractivity contribution is 7.19. The van der Waals surface area contributed by atoms with Crippen molar-refractivity contribution >= 4 is 27.5 Å². The van der Waals surface area contributed by atoms with Gasteiger partial charge in [0.05, 0.1) is 0 Å². The molecule has 2 rings (SSSR count). The van der Waals surface area contributed by atoms with Crippen LogP contribution >= 0.6 is 11.3 Å². The first-order valence-electron chi connectivity index (χ1n) is 10.3. The van der Waals surface area contributed by atoms with E-state index in [0.29, 0.717) is 28.5 Å². The molecule has 2 unspecified atom stereocenters. The molecule has 160 valence electrons. The van der Waals surface area contributed by atoms with Crippen molar-refractivity contribution in [1.82, 2.24) is 10.2 Å². The lowest BCUT2D eigenvalue weighted by Crippen LogP contribution is -2.23. The number of nitrogens with one attached hydrogen (secondary N) is 2. The average molecular weight is 423 g/mol. The lowest BCUT2D eigenvalue weighted by Gasteiger charge is -2.17. The number of hydrogen-bond donors (Lipinski definition) is 2. The van der Waals surface area contributed by atoms with Gasteiger partial charge in [0.2, 0.25) is 10.3 Å². The van der Waals surface area contributed by atoms with Crippen molar-refractivity contribution in [3.8, 4) is 0 Å². The second kappa shape index (κ2) is 12.5. The van der Waals surface area contributed by atoms with E-state index in [2.05, 4.69) is 34.7 Å². The van der Waals surface area contributed by atoms with Crippen LogP contribution in [0.3, 0.4) is 0 Å². The molecule has 2 atom stereocenters. The van der Waals surface area contributed by atoms with Crippen molar-refractivity contribution < 1.29 is 13.9 Å². The molecule has 29 heavy (non-hydrogen) atoms. The Morgan fingerprint density at radius 1 is 1.07 bits per heavy atom. The van der Waals surface area contributed by atoms with E-state index in [9.17, 15) is 9.18 Å². The van der Waals surface area contributed by atoms with Crippen LogP contribution in [-0.2, 0) is 9.53 Å². The van der Waals surface area contributed by atoms with Crippen LogP contribution in [0.5, 0.6) is 0 Å². The van der Waals surface area contributed by atoms with Gasteiger partial charge in [0, 0.05) is 12.6 Å². The van der Waals surface area contributed by atoms with Crippen LogP contribution in [-0.4, -0.2) is 28.8 Å². The molecular formula is C21H31FN4O2S. The maximum atomic E-state index is 13.2. The fraction of sp³-hybridized carbons (Fsp3) is 0.571. The largest absolute Gasteiger partial charge is 0.364 e. The zero-order valence-corrected chi connectivity index (χ0v) is 18.2. The number of halogens is 1. The van der Waals surface area contributed by atoms with Gasteiger partial charge in [-0.05, 0) is 37.5 Å². The zero-order valence-electron chi connectivity index (χ0n) is 17.4. The predicted molar refractivity (Wildman–Crippen MR) is 116 cm³/mol. The van der Waals surface area contributed by atoms with Crippen molar-refractivity contribution in [2.24, 2.45) is 0 Å². The van der Waals surface area contributed by atoms with Gasteiger partial charge in [0.25, 0.3) is 5.91 Å². The number of amides is 1. The molecule has 0 radical (unpaired) electrons. The first kappa shape index (κ1) is 23.2. The fourth-order valence-corrected chi connectivity index (χ4v) is 3.81. The summed E-state index contributed by atoms with van der Waals surface area (Å²) in [4.78, 5) is 12.7. The number of ether oxygens (including phenoxy) is 1. The quantitative estimate of drug-likeness (QED) is 0.414. The van der Waals surface area contributed by atoms with Crippen molar-refractivity contribution in [2.45, 2.75) is 71.4 Å². The van der Waals surface area contributed by atoms with Crippen LogP contribution in [0, 0.1) is 5.82 Å². The van der Waals surface area contributed by atoms with Gasteiger partial charge < -0.3 is 10.1 Å². The molecule has 0 spiro atoms. The molecule has 1 aromatic heterocycles. The summed E-state index contributed by atoms with van der Waals surface area (Å²) in [7, 11) is 0. The van der Waals surface area contributed by atoms with E-state index in [-0.39, 0.29) is 11.7 Å². The minimum absolute atomic E-state index is 0.353. The number of carbonyl (C=O) groups excluding carboxylic acids is 1. The minimum Gasteiger partial charge on any atom is -0.364 e. The maximum Gasteiger partial charge on any atom is 0.259 e. The molecule has 6 nitrogen and oxygen atoms in total. The van der Waals surface area contributed by atoms with Gasteiger partial charge in [-0.1, -0.05) is 63.0 Å². The zero-order chi connectivity index (χ0) is 21.1. The number of rotatable bonds is 13. The molecule has 0 saturated heterocycles. The van der Waals surface area contributed by atoms with E-state index < -0.39 is 6.10 Å². The smallest absolute Gasteiger partial charge is 0.259 e. The Balaban J connectivity index is 1.99. The molecule has 1 aromatic carbocycles. The number of nitrogens with zero attached hydrogens (tertiary/aromatic N) is 2. The lowest BCUT2D eigenvalue weighted by molar-refractivity contribution is -0.127. The number of unbranched alkanes of at least 4 members (excludes halogenated alkanes) is 2. The monoisotopic (exact) mass is 422 g/mol. The lowest BCUT2D eigenvalue weighted by atomic mass is 10.0. The second-order valence-electron chi connectivity index (χ2n) is 6.91. The fourth-order valence-electron chi connectivity index (χ4n) is 3.08. The van der Waals surface area contributed by atoms with Gasteiger partial charge >= 0.3 is 0 Å². The summed E-state index contributed by atoms with van der Waals surface area (Å²) in [6.07, 6.45) is 6.04. The third-order valence-corrected chi connectivity index (χ3v) is 5.29. The molecule has 0 aliphatic rings. The average Bonchev–Trinajstić information content (AvgIpc) is 3.14. The van der Waals surface area contributed by atoms with Crippen molar-refractivity contribution in [1.29, 1.82) is 0 Å². The standard InChI is InChI=1S/C21H31FN4O2S/c1-4-7-8-10-17(9-5-2)23-20-25-26-21(29-20)24-19(27)18(28-6-3)15-11-13-16(22)14-12-15/h11-14,17-18H,4-10H2,1-3H3,(H,23,25)(H,24,26,27). The Hall–Kier alpha value is -2.06. The van der Waals surface area contributed by atoms with Gasteiger partial charge in [-0.15, -0.1) is 10.2 Å². The van der Waals surface area contributed by atoms with Crippen LogP contribution < -0.4 is 10.6 Å². The third-order valence-electron chi connectivity index (χ3n) is 4.52. The summed E-state index contributed by atoms with van der Waals surface area (Å²) in [5.74, 6) is -0.709. The maximum absolute atomic E-state index is 13.2. The van der Waals surface area contributed by atoms with E-state index in [1.54, 1.807) is 12.1 Å². The summed E-state index contributed by atoms with van der Waals surface area (Å²) in [6.45, 7) is 6.53. The minimum atomic E-state index is -0.831. The summed E-state index contributed by atoms with van der Waals surface area (Å²) in [6, 6.07) is 6.09. The molecule has 0 aliphatic heterocycles. The summed E-state index contributed by atoms with van der Waals surface area (Å²) < 4.78 is 18.7. The van der Waals surface area contributed by atoms with E-state index in [1.165, 1.54) is 42.7 Å². The summed E-state index contributed by atoms with van der Waals surface area (Å²) in [5.41, 5.74) is 0.590. The number of carbonyl (C=O) groups is 1. The molecule has 2 N–H and O–H groups in total. The molecule has 1 heterocycles. The number of anilines is 2. The first-order valence-corrected chi connectivity index (χ1v) is 11.2. The Bertz CT molecular complexity index is 739. The van der Waals surface area contributed by atoms with Crippen LogP contribution in [0.4, 0.5) is 14.7 Å². The van der Waals surface area contributed by atoms with E-state index in [4.69, 9.17) is 4.74 Å². The highest BCUT2D eigenvalue weighted by Crippen LogP contribution is 2.25. The van der Waals surface area contributed by atoms with Gasteiger partial charge in [-0.25, -0.2) is 4.39 Å². The van der Waals surface area contributed by atoms with Gasteiger partial charge in [0.1, 0.15) is 5.82 Å². The molecule has 0 bridgehead atoms. The Morgan fingerprint density at radius 2 is 1.79 bits per heavy atom. The number of aromatic nitrogens is 2. The van der Waals surface area contributed by atoms with E-state index >= 15 is 0 Å². The predicted octanol–water partition coefficient (Wildman–Crippen LogP) is 5.55. The van der Waals surface area contributed by atoms with Crippen LogP contribution in [0.15, 0.2) is 24.3 Å². The Kier molecular flexibility index (Phi) is 10.0. The van der Waals surface area contributed by atoms with Crippen LogP contribution in [0.1, 0.15) is 71.0 Å². The van der Waals surface area contributed by atoms with E-state index in [0.717, 1.165) is 19.3 Å². The van der Waals surface area contributed by atoms with E-state index in [1.807, 2.05) is 6.92 Å². The number of hydrogen-bond acceptors (Lipinski definition) is 6. The Labute approximate surface area is 176 Å². The normalized spacial score (nSPS) is 13.1. The van der Waals surface area contributed by atoms with Gasteiger partial charge in [-0.3, -0.25) is 10.1 Å².